The summed E-state index contributed by atoms with van der Waals surface area (Å²) < 4.78 is 0. The predicted molar refractivity (Wildman–Crippen MR) is 29.1 cm³/mol. The van der Waals surface area contributed by atoms with E-state index < -0.39 is 0 Å². The van der Waals surface area contributed by atoms with Crippen LogP contribution in [0.25, 0.3) is 0 Å². The van der Waals surface area contributed by atoms with E-state index >= 15 is 0 Å². The van der Waals surface area contributed by atoms with Crippen molar-refractivity contribution in [2.75, 3.05) is 0 Å². The van der Waals surface area contributed by atoms with Crippen LogP contribution in [0.5, 0.6) is 0 Å². The van der Waals surface area contributed by atoms with Crippen molar-refractivity contribution in [3.63, 3.8) is 0 Å². The van der Waals surface area contributed by atoms with E-state index in [2.05, 4.69) is 18.7 Å². The second-order valence-electron chi connectivity index (χ2n) is 0.858. The third-order valence-electron chi connectivity index (χ3n) is 0.402. The van der Waals surface area contributed by atoms with E-state index in [0.29, 0.717) is 0 Å². The molecule has 0 radical (unpaired) electrons. The van der Waals surface area contributed by atoms with Gasteiger partial charge in [-0.2, -0.15) is 6.42 Å². The quantitative estimate of drug-likeness (QED) is 0.397. The fourth-order valence-corrected chi connectivity index (χ4v) is 0.500. The summed E-state index contributed by atoms with van der Waals surface area (Å²) in [6.07, 6.45) is 3.02. The van der Waals surface area contributed by atoms with Gasteiger partial charge in [0.05, 0.1) is 0 Å². The van der Waals surface area contributed by atoms with Gasteiger partial charge in [0.25, 0.3) is 0 Å². The van der Waals surface area contributed by atoms with Gasteiger partial charge in [0.1, 0.15) is 0 Å². The molecule has 0 aromatic rings. The Balaban J connectivity index is 0. The summed E-state index contributed by atoms with van der Waals surface area (Å²) in [6.45, 7) is 3.61. The molecule has 0 saturated carbocycles. The summed E-state index contributed by atoms with van der Waals surface area (Å²) in [5, 5.41) is 0. The molecule has 6 heavy (non-hydrogen) atoms. The van der Waals surface area contributed by atoms with E-state index in [1.807, 2.05) is 0 Å². The molecular weight excluding hydrogens is 172 g/mol. The van der Waals surface area contributed by atoms with Crippen molar-refractivity contribution in [3.05, 3.63) is 18.7 Å². The molecule has 0 bridgehead atoms. The Hall–Kier alpha value is 0.645. The fraction of sp³-hybridized carbons (Fsp3) is 0.250. The molecule has 0 aromatic heterocycles. The molecular formula is C4H9MoSi-. The molecule has 0 unspecified atom stereocenters. The molecule has 2 heteroatoms. The Bertz CT molecular complexity index is 34.5. The van der Waals surface area contributed by atoms with Gasteiger partial charge in [-0.15, -0.1) is 11.8 Å². The van der Waals surface area contributed by atoms with Crippen molar-refractivity contribution in [3.8, 4) is 0 Å². The monoisotopic (exact) mass is 183 g/mol. The molecule has 0 aromatic carbocycles. The number of hydrogen-bond acceptors (Lipinski definition) is 0. The zero-order valence-corrected chi connectivity index (χ0v) is 7.98. The van der Waals surface area contributed by atoms with Gasteiger partial charge in [-0.3, -0.25) is 0 Å². The first-order chi connectivity index (χ1) is 2.41. The van der Waals surface area contributed by atoms with E-state index in [-0.39, 0.29) is 21.1 Å². The van der Waals surface area contributed by atoms with E-state index in [4.69, 9.17) is 0 Å². The maximum Gasteiger partial charge on any atom is 0.0285 e. The Morgan fingerprint density at radius 2 is 2.17 bits per heavy atom. The van der Waals surface area contributed by atoms with Crippen LogP contribution in [-0.2, 0) is 21.1 Å². The van der Waals surface area contributed by atoms with Crippen molar-refractivity contribution in [1.29, 1.82) is 0 Å². The Kier molecular flexibility index (Phi) is 15.0. The summed E-state index contributed by atoms with van der Waals surface area (Å²) >= 11 is 0. The van der Waals surface area contributed by atoms with E-state index in [1.165, 1.54) is 10.2 Å². The van der Waals surface area contributed by atoms with Crippen molar-refractivity contribution in [2.45, 2.75) is 6.42 Å². The van der Waals surface area contributed by atoms with E-state index in [0.717, 1.165) is 6.42 Å². The third kappa shape index (κ3) is 8.82. The maximum atomic E-state index is 3.61. The van der Waals surface area contributed by atoms with E-state index in [9.17, 15) is 0 Å². The largest absolute Gasteiger partial charge is 0.340 e. The molecule has 0 aliphatic rings. The molecule has 0 saturated heterocycles. The molecule has 0 fully saturated rings. The van der Waals surface area contributed by atoms with Crippen LogP contribution in [0.1, 0.15) is 6.42 Å². The zero-order chi connectivity index (χ0) is 4.12. The van der Waals surface area contributed by atoms with Crippen LogP contribution in [0, 0.1) is 6.92 Å². The van der Waals surface area contributed by atoms with Gasteiger partial charge >= 0.3 is 0 Å². The van der Waals surface area contributed by atoms with Crippen LogP contribution in [0.15, 0.2) is 11.8 Å². The van der Waals surface area contributed by atoms with Crippen molar-refractivity contribution < 1.29 is 21.1 Å². The van der Waals surface area contributed by atoms with Crippen LogP contribution in [0.4, 0.5) is 0 Å². The number of rotatable bonds is 1. The first kappa shape index (κ1) is 9.81. The standard InChI is InChI=1S/C4H9Si.Mo/c1-2-3-4-5;/h3-4H,1-2H2,5H3;/q-1;. The van der Waals surface area contributed by atoms with Gasteiger partial charge in [0.2, 0.25) is 0 Å². The molecule has 0 atom stereocenters. The average Bonchev–Trinajstić information content (AvgIpc) is 1.41. The van der Waals surface area contributed by atoms with Gasteiger partial charge in [-0.05, 0) is 0 Å². The molecule has 36 valence electrons. The minimum atomic E-state index is 0. The normalized spacial score (nSPS) is 8.83. The molecule has 0 N–H and O–H groups in total. The minimum absolute atomic E-state index is 0. The SMILES string of the molecule is [CH2-]CC=C[SiH3].[Mo]. The Morgan fingerprint density at radius 3 is 2.17 bits per heavy atom. The van der Waals surface area contributed by atoms with Crippen LogP contribution in [0.3, 0.4) is 0 Å². The van der Waals surface area contributed by atoms with Gasteiger partial charge in [-0.25, -0.2) is 0 Å². The molecule has 0 aliphatic heterocycles. The van der Waals surface area contributed by atoms with E-state index in [1.54, 1.807) is 0 Å². The molecule has 0 spiro atoms. The Morgan fingerprint density at radius 1 is 1.67 bits per heavy atom. The summed E-state index contributed by atoms with van der Waals surface area (Å²) in [6, 6.07) is 0. The number of hydrogen-bond donors (Lipinski definition) is 0. The predicted octanol–water partition coefficient (Wildman–Crippen LogP) is 0.0872. The fourth-order valence-electron chi connectivity index (χ4n) is 0.167. The minimum Gasteiger partial charge on any atom is -0.340 e. The molecule has 0 amide bonds. The first-order valence-electron chi connectivity index (χ1n) is 1.82. The molecule has 0 heterocycles. The first-order valence-corrected chi connectivity index (χ1v) is 2.97. The smallest absolute Gasteiger partial charge is 0.0285 e. The summed E-state index contributed by atoms with van der Waals surface area (Å²) in [5.74, 6) is 0. The van der Waals surface area contributed by atoms with Crippen molar-refractivity contribution in [2.24, 2.45) is 0 Å². The van der Waals surface area contributed by atoms with Gasteiger partial charge in [-0.1, -0.05) is 0 Å². The number of allylic oxidation sites excluding steroid dienone is 1. The molecule has 0 aliphatic carbocycles. The van der Waals surface area contributed by atoms with Crippen molar-refractivity contribution in [1.82, 2.24) is 0 Å². The van der Waals surface area contributed by atoms with Crippen LogP contribution in [0.2, 0.25) is 0 Å². The van der Waals surface area contributed by atoms with Crippen LogP contribution < -0.4 is 0 Å². The van der Waals surface area contributed by atoms with Gasteiger partial charge in [0.15, 0.2) is 0 Å². The Labute approximate surface area is 56.7 Å². The zero-order valence-electron chi connectivity index (χ0n) is 3.98. The topological polar surface area (TPSA) is 0 Å². The van der Waals surface area contributed by atoms with Gasteiger partial charge < -0.3 is 6.92 Å². The third-order valence-corrected chi connectivity index (χ3v) is 0.874. The average molecular weight is 181 g/mol. The second-order valence-corrected chi connectivity index (χ2v) is 1.52. The summed E-state index contributed by atoms with van der Waals surface area (Å²) in [7, 11) is 1.18. The van der Waals surface area contributed by atoms with Gasteiger partial charge in [0, 0.05) is 31.3 Å². The molecule has 0 nitrogen and oxygen atoms in total. The maximum absolute atomic E-state index is 3.61. The molecule has 0 rings (SSSR count). The van der Waals surface area contributed by atoms with Crippen LogP contribution in [-0.4, -0.2) is 10.2 Å². The second kappa shape index (κ2) is 9.17. The van der Waals surface area contributed by atoms with Crippen molar-refractivity contribution >= 4 is 10.2 Å². The van der Waals surface area contributed by atoms with Crippen LogP contribution >= 0.6 is 0 Å². The summed E-state index contributed by atoms with van der Waals surface area (Å²) in [5.41, 5.74) is 2.13. The summed E-state index contributed by atoms with van der Waals surface area (Å²) in [4.78, 5) is 0.